The largest absolute Gasteiger partial charge is 0.469 e. The zero-order valence-corrected chi connectivity index (χ0v) is 14.7. The van der Waals surface area contributed by atoms with Gasteiger partial charge < -0.3 is 19.5 Å². The summed E-state index contributed by atoms with van der Waals surface area (Å²) in [5.41, 5.74) is 1.07. The van der Waals surface area contributed by atoms with Crippen LogP contribution in [0.3, 0.4) is 0 Å². The number of nitrogens with zero attached hydrogens (tertiary/aromatic N) is 1. The third-order valence-electron chi connectivity index (χ3n) is 5.93. The molecule has 5 nitrogen and oxygen atoms in total. The van der Waals surface area contributed by atoms with Gasteiger partial charge in [0.1, 0.15) is 5.76 Å². The van der Waals surface area contributed by atoms with Crippen LogP contribution < -0.4 is 0 Å². The second-order valence-corrected chi connectivity index (χ2v) is 7.61. The van der Waals surface area contributed by atoms with Gasteiger partial charge in [-0.15, -0.1) is 0 Å². The molecule has 2 N–H and O–H groups in total. The number of hydrogen-bond acceptors (Lipinski definition) is 4. The van der Waals surface area contributed by atoms with Gasteiger partial charge in [0.2, 0.25) is 5.91 Å². The Kier molecular flexibility index (Phi) is 4.83. The van der Waals surface area contributed by atoms with Crippen LogP contribution in [0.2, 0.25) is 0 Å². The summed E-state index contributed by atoms with van der Waals surface area (Å²) in [5.74, 6) is 1.38. The van der Waals surface area contributed by atoms with Crippen molar-refractivity contribution >= 4 is 5.91 Å². The minimum atomic E-state index is -0.661. The van der Waals surface area contributed by atoms with Gasteiger partial charge in [-0.05, 0) is 42.4 Å². The Bertz CT molecular complexity index is 712. The molecule has 138 valence electrons. The lowest BCUT2D eigenvalue weighted by Crippen LogP contribution is -2.38. The smallest absolute Gasteiger partial charge is 0.223 e. The van der Waals surface area contributed by atoms with Crippen LogP contribution in [-0.4, -0.2) is 46.3 Å². The number of amides is 1. The molecule has 1 aromatic heterocycles. The Morgan fingerprint density at radius 2 is 1.69 bits per heavy atom. The summed E-state index contributed by atoms with van der Waals surface area (Å²) in [6.07, 6.45) is 1.84. The number of carbonyl (C=O) groups excluding carboxylic acids is 1. The number of hydrogen-bond donors (Lipinski definition) is 2. The lowest BCUT2D eigenvalue weighted by Gasteiger charge is -2.31. The summed E-state index contributed by atoms with van der Waals surface area (Å²) >= 11 is 0. The maximum Gasteiger partial charge on any atom is 0.223 e. The Balaban J connectivity index is 1.48. The molecule has 2 heterocycles. The van der Waals surface area contributed by atoms with Gasteiger partial charge in [-0.3, -0.25) is 4.79 Å². The van der Waals surface area contributed by atoms with Crippen molar-refractivity contribution in [1.29, 1.82) is 0 Å². The molecule has 5 atom stereocenters. The molecule has 1 saturated carbocycles. The van der Waals surface area contributed by atoms with Crippen LogP contribution in [0.4, 0.5) is 0 Å². The first-order chi connectivity index (χ1) is 12.6. The first-order valence-corrected chi connectivity index (χ1v) is 9.34. The molecule has 1 aliphatic heterocycles. The molecule has 2 fully saturated rings. The number of aliphatic hydroxyl groups excluding tert-OH is 2. The second kappa shape index (κ2) is 7.25. The molecule has 26 heavy (non-hydrogen) atoms. The molecule has 1 unspecified atom stereocenters. The van der Waals surface area contributed by atoms with E-state index >= 15 is 0 Å². The van der Waals surface area contributed by atoms with E-state index in [-0.39, 0.29) is 23.7 Å². The van der Waals surface area contributed by atoms with Crippen LogP contribution in [0.1, 0.15) is 36.5 Å². The molecule has 2 aliphatic rings. The predicted molar refractivity (Wildman–Crippen MR) is 96.4 cm³/mol. The highest BCUT2D eigenvalue weighted by Crippen LogP contribution is 2.38. The number of benzene rings is 1. The summed E-state index contributed by atoms with van der Waals surface area (Å²) in [4.78, 5) is 14.9. The standard InChI is InChI=1S/C21H25NO4/c23-18-9-15-12-22(13-16(15)10-19(18)24)21(25)11-17(20-7-4-8-26-20)14-5-2-1-3-6-14/h1-8,15-19,23-24H,9-13H2/t15-,16+,17?,18+,19-. The van der Waals surface area contributed by atoms with Gasteiger partial charge in [-0.2, -0.15) is 0 Å². The molecule has 1 aromatic carbocycles. The Hall–Kier alpha value is -2.11. The van der Waals surface area contributed by atoms with Crippen molar-refractivity contribution in [3.63, 3.8) is 0 Å². The van der Waals surface area contributed by atoms with Gasteiger partial charge in [-0.25, -0.2) is 0 Å². The van der Waals surface area contributed by atoms with E-state index < -0.39 is 12.2 Å². The average Bonchev–Trinajstić information content (AvgIpc) is 3.30. The SMILES string of the molecule is O=C(CC(c1ccccc1)c1ccco1)N1C[C@H]2C[C@H](O)[C@H](O)C[C@H]2C1. The van der Waals surface area contributed by atoms with Crippen LogP contribution in [0.5, 0.6) is 0 Å². The first-order valence-electron chi connectivity index (χ1n) is 9.34. The topological polar surface area (TPSA) is 73.9 Å². The fourth-order valence-corrected chi connectivity index (χ4v) is 4.47. The van der Waals surface area contributed by atoms with Crippen LogP contribution in [0, 0.1) is 11.8 Å². The fourth-order valence-electron chi connectivity index (χ4n) is 4.47. The molecule has 0 bridgehead atoms. The monoisotopic (exact) mass is 355 g/mol. The van der Waals surface area contributed by atoms with Gasteiger partial charge in [0.05, 0.1) is 24.4 Å². The van der Waals surface area contributed by atoms with E-state index in [0.717, 1.165) is 11.3 Å². The maximum atomic E-state index is 13.0. The summed E-state index contributed by atoms with van der Waals surface area (Å²) < 4.78 is 5.60. The molecule has 4 rings (SSSR count). The summed E-state index contributed by atoms with van der Waals surface area (Å²) in [6, 6.07) is 13.7. The van der Waals surface area contributed by atoms with Crippen molar-refractivity contribution in [1.82, 2.24) is 4.90 Å². The minimum absolute atomic E-state index is 0.0995. The zero-order chi connectivity index (χ0) is 18.1. The summed E-state index contributed by atoms with van der Waals surface area (Å²) in [7, 11) is 0. The number of rotatable bonds is 4. The van der Waals surface area contributed by atoms with E-state index in [1.807, 2.05) is 47.4 Å². The number of aliphatic hydroxyl groups is 2. The highest BCUT2D eigenvalue weighted by atomic mass is 16.3. The lowest BCUT2D eigenvalue weighted by molar-refractivity contribution is -0.130. The van der Waals surface area contributed by atoms with Crippen LogP contribution >= 0.6 is 0 Å². The van der Waals surface area contributed by atoms with Gasteiger partial charge in [0.15, 0.2) is 0 Å². The van der Waals surface area contributed by atoms with Gasteiger partial charge in [0, 0.05) is 19.5 Å². The van der Waals surface area contributed by atoms with Gasteiger partial charge >= 0.3 is 0 Å². The second-order valence-electron chi connectivity index (χ2n) is 7.61. The van der Waals surface area contributed by atoms with E-state index in [4.69, 9.17) is 4.42 Å². The van der Waals surface area contributed by atoms with E-state index in [1.54, 1.807) is 6.26 Å². The van der Waals surface area contributed by atoms with Crippen molar-refractivity contribution in [2.75, 3.05) is 13.1 Å². The molecule has 5 heteroatoms. The summed E-state index contributed by atoms with van der Waals surface area (Å²) in [6.45, 7) is 1.35. The molecular weight excluding hydrogens is 330 g/mol. The van der Waals surface area contributed by atoms with Crippen LogP contribution in [-0.2, 0) is 4.79 Å². The molecule has 1 aliphatic carbocycles. The van der Waals surface area contributed by atoms with Gasteiger partial charge in [0.25, 0.3) is 0 Å². The quantitative estimate of drug-likeness (QED) is 0.883. The van der Waals surface area contributed by atoms with E-state index in [2.05, 4.69) is 0 Å². The highest BCUT2D eigenvalue weighted by molar-refractivity contribution is 5.78. The number of furan rings is 1. The molecular formula is C21H25NO4. The minimum Gasteiger partial charge on any atom is -0.469 e. The Morgan fingerprint density at radius 3 is 2.27 bits per heavy atom. The third kappa shape index (κ3) is 3.41. The Morgan fingerprint density at radius 1 is 1.04 bits per heavy atom. The average molecular weight is 355 g/mol. The number of carbonyl (C=O) groups is 1. The van der Waals surface area contributed by atoms with Crippen LogP contribution in [0.15, 0.2) is 53.1 Å². The van der Waals surface area contributed by atoms with Crippen LogP contribution in [0.25, 0.3) is 0 Å². The van der Waals surface area contributed by atoms with Crippen molar-refractivity contribution in [3.05, 3.63) is 60.1 Å². The Labute approximate surface area is 153 Å². The number of likely N-dealkylation sites (tertiary alicyclic amines) is 1. The van der Waals surface area contributed by atoms with Crippen molar-refractivity contribution in [3.8, 4) is 0 Å². The van der Waals surface area contributed by atoms with E-state index in [1.165, 1.54) is 0 Å². The maximum absolute atomic E-state index is 13.0. The molecule has 1 amide bonds. The van der Waals surface area contributed by atoms with Crippen molar-refractivity contribution in [2.24, 2.45) is 11.8 Å². The molecule has 2 aromatic rings. The summed E-state index contributed by atoms with van der Waals surface area (Å²) in [5, 5.41) is 19.8. The first kappa shape index (κ1) is 17.3. The molecule has 1 saturated heterocycles. The molecule has 0 radical (unpaired) electrons. The predicted octanol–water partition coefficient (Wildman–Crippen LogP) is 2.39. The molecule has 0 spiro atoms. The highest BCUT2D eigenvalue weighted by Gasteiger charge is 2.42. The van der Waals surface area contributed by atoms with Crippen molar-refractivity contribution < 1.29 is 19.4 Å². The normalized spacial score (nSPS) is 29.4. The van der Waals surface area contributed by atoms with E-state index in [0.29, 0.717) is 32.4 Å². The lowest BCUT2D eigenvalue weighted by atomic mass is 9.79. The van der Waals surface area contributed by atoms with Gasteiger partial charge in [-0.1, -0.05) is 30.3 Å². The fraction of sp³-hybridized carbons (Fsp3) is 0.476. The zero-order valence-electron chi connectivity index (χ0n) is 14.7. The number of fused-ring (bicyclic) bond motifs is 1. The van der Waals surface area contributed by atoms with E-state index in [9.17, 15) is 15.0 Å². The third-order valence-corrected chi connectivity index (χ3v) is 5.93. The van der Waals surface area contributed by atoms with Crippen molar-refractivity contribution in [2.45, 2.75) is 37.4 Å².